The summed E-state index contributed by atoms with van der Waals surface area (Å²) in [5.41, 5.74) is 2.03. The minimum absolute atomic E-state index is 0.0211. The Balaban J connectivity index is 1.41. The van der Waals surface area contributed by atoms with Gasteiger partial charge in [-0.1, -0.05) is 0 Å². The molecule has 0 radical (unpaired) electrons. The number of aromatic amines is 1. The third kappa shape index (κ3) is 4.18. The van der Waals surface area contributed by atoms with Crippen molar-refractivity contribution in [1.82, 2.24) is 24.9 Å². The summed E-state index contributed by atoms with van der Waals surface area (Å²) in [6.45, 7) is 4.90. The van der Waals surface area contributed by atoms with E-state index in [2.05, 4.69) is 15.3 Å². The van der Waals surface area contributed by atoms with Gasteiger partial charge in [0.25, 0.3) is 5.91 Å². The number of benzene rings is 1. The Hall–Kier alpha value is -3.49. The molecule has 152 valence electrons. The van der Waals surface area contributed by atoms with Crippen LogP contribution in [0.1, 0.15) is 35.6 Å². The van der Waals surface area contributed by atoms with E-state index < -0.39 is 0 Å². The number of aryl methyl sites for hydroxylation is 1. The maximum Gasteiger partial charge on any atom is 0.274 e. The Bertz CT molecular complexity index is 1010. The summed E-state index contributed by atoms with van der Waals surface area (Å²) < 4.78 is 18.1. The van der Waals surface area contributed by atoms with Gasteiger partial charge < -0.3 is 19.1 Å². The lowest BCUT2D eigenvalue weighted by molar-refractivity contribution is 0.0684. The summed E-state index contributed by atoms with van der Waals surface area (Å²) in [6, 6.07) is 7.13. The summed E-state index contributed by atoms with van der Waals surface area (Å²) in [6.07, 6.45) is 3.66. The number of amides is 1. The Kier molecular flexibility index (Phi) is 5.11. The highest BCUT2D eigenvalue weighted by atomic mass is 16.7. The van der Waals surface area contributed by atoms with Gasteiger partial charge in [0.1, 0.15) is 12.4 Å². The molecule has 0 saturated heterocycles. The number of hydrogen-bond acceptors (Lipinski definition) is 6. The zero-order valence-corrected chi connectivity index (χ0v) is 16.6. The fourth-order valence-corrected chi connectivity index (χ4v) is 3.06. The molecule has 1 aliphatic rings. The van der Waals surface area contributed by atoms with Crippen molar-refractivity contribution in [2.75, 3.05) is 6.79 Å². The summed E-state index contributed by atoms with van der Waals surface area (Å²) in [4.78, 5) is 14.7. The molecule has 0 spiro atoms. The van der Waals surface area contributed by atoms with E-state index in [0.29, 0.717) is 35.2 Å². The average molecular weight is 397 g/mol. The molecule has 3 heterocycles. The normalized spacial score (nSPS) is 12.4. The number of nitrogens with one attached hydrogen (secondary N) is 1. The second-order valence-corrected chi connectivity index (χ2v) is 7.13. The number of nitrogens with zero attached hydrogens (tertiary/aromatic N) is 4. The van der Waals surface area contributed by atoms with Crippen LogP contribution in [-0.2, 0) is 20.2 Å². The minimum atomic E-state index is -0.144. The predicted octanol–water partition coefficient (Wildman–Crippen LogP) is 2.50. The van der Waals surface area contributed by atoms with Gasteiger partial charge in [-0.25, -0.2) is 0 Å². The number of H-pyrrole nitrogens is 1. The molecule has 9 nitrogen and oxygen atoms in total. The van der Waals surface area contributed by atoms with Crippen LogP contribution < -0.4 is 14.2 Å². The first-order valence-corrected chi connectivity index (χ1v) is 9.35. The quantitative estimate of drug-likeness (QED) is 0.658. The highest BCUT2D eigenvalue weighted by Gasteiger charge is 2.22. The smallest absolute Gasteiger partial charge is 0.274 e. The fraction of sp³-hybridized carbons (Fsp3) is 0.350. The van der Waals surface area contributed by atoms with Crippen molar-refractivity contribution in [3.8, 4) is 17.2 Å². The van der Waals surface area contributed by atoms with Crippen LogP contribution in [0.25, 0.3) is 0 Å². The summed E-state index contributed by atoms with van der Waals surface area (Å²) in [5, 5.41) is 11.2. The standard InChI is InChI=1S/C20H23N5O4/c1-13(2)25(10-14-8-21-24(3)9-14)20(26)17-6-15(22-23-17)11-27-16-4-5-18-19(7-16)29-12-28-18/h4-9,13H,10-12H2,1-3H3,(H,22,23). The second kappa shape index (κ2) is 7.86. The van der Waals surface area contributed by atoms with Gasteiger partial charge in [0.15, 0.2) is 17.2 Å². The largest absolute Gasteiger partial charge is 0.487 e. The molecule has 4 rings (SSSR count). The first-order valence-electron chi connectivity index (χ1n) is 9.35. The van der Waals surface area contributed by atoms with E-state index in [-0.39, 0.29) is 25.3 Å². The summed E-state index contributed by atoms with van der Waals surface area (Å²) in [5.74, 6) is 1.87. The Morgan fingerprint density at radius 2 is 2.14 bits per heavy atom. The van der Waals surface area contributed by atoms with E-state index in [0.717, 1.165) is 5.56 Å². The van der Waals surface area contributed by atoms with Crippen LogP contribution in [0.3, 0.4) is 0 Å². The van der Waals surface area contributed by atoms with Gasteiger partial charge in [-0.15, -0.1) is 0 Å². The lowest BCUT2D eigenvalue weighted by Crippen LogP contribution is -2.36. The molecular formula is C20H23N5O4. The average Bonchev–Trinajstić information content (AvgIpc) is 3.44. The van der Waals surface area contributed by atoms with Gasteiger partial charge in [-0.3, -0.25) is 14.6 Å². The lowest BCUT2D eigenvalue weighted by atomic mass is 10.2. The van der Waals surface area contributed by atoms with Gasteiger partial charge in [-0.2, -0.15) is 10.2 Å². The summed E-state index contributed by atoms with van der Waals surface area (Å²) >= 11 is 0. The molecule has 1 aromatic carbocycles. The maximum atomic E-state index is 13.0. The first kappa shape index (κ1) is 18.9. The van der Waals surface area contributed by atoms with Crippen molar-refractivity contribution in [1.29, 1.82) is 0 Å². The topological polar surface area (TPSA) is 94.5 Å². The van der Waals surface area contributed by atoms with Crippen LogP contribution >= 0.6 is 0 Å². The van der Waals surface area contributed by atoms with E-state index in [1.807, 2.05) is 33.2 Å². The second-order valence-electron chi connectivity index (χ2n) is 7.13. The number of carbonyl (C=O) groups excluding carboxylic acids is 1. The molecule has 9 heteroatoms. The van der Waals surface area contributed by atoms with E-state index in [1.165, 1.54) is 0 Å². The molecule has 0 atom stereocenters. The van der Waals surface area contributed by atoms with Gasteiger partial charge >= 0.3 is 0 Å². The number of ether oxygens (including phenoxy) is 3. The van der Waals surface area contributed by atoms with Crippen LogP contribution in [-0.4, -0.2) is 43.6 Å². The molecule has 0 fully saturated rings. The number of rotatable bonds is 7. The number of hydrogen-bond donors (Lipinski definition) is 1. The molecule has 0 bridgehead atoms. The van der Waals surface area contributed by atoms with Crippen molar-refractivity contribution in [3.63, 3.8) is 0 Å². The zero-order valence-electron chi connectivity index (χ0n) is 16.6. The van der Waals surface area contributed by atoms with Crippen LogP contribution in [0.5, 0.6) is 17.2 Å². The molecule has 3 aromatic rings. The van der Waals surface area contributed by atoms with Crippen LogP contribution in [0.2, 0.25) is 0 Å². The minimum Gasteiger partial charge on any atom is -0.487 e. The van der Waals surface area contributed by atoms with E-state index in [9.17, 15) is 4.79 Å². The Morgan fingerprint density at radius 1 is 1.31 bits per heavy atom. The molecule has 1 N–H and O–H groups in total. The van der Waals surface area contributed by atoms with Crippen molar-refractivity contribution in [2.24, 2.45) is 7.05 Å². The fourth-order valence-electron chi connectivity index (χ4n) is 3.06. The predicted molar refractivity (Wildman–Crippen MR) is 104 cm³/mol. The lowest BCUT2D eigenvalue weighted by Gasteiger charge is -2.25. The maximum absolute atomic E-state index is 13.0. The monoisotopic (exact) mass is 397 g/mol. The van der Waals surface area contributed by atoms with Gasteiger partial charge in [0.05, 0.1) is 11.9 Å². The van der Waals surface area contributed by atoms with Crippen LogP contribution in [0.15, 0.2) is 36.7 Å². The molecule has 29 heavy (non-hydrogen) atoms. The Morgan fingerprint density at radius 3 is 2.90 bits per heavy atom. The zero-order chi connectivity index (χ0) is 20.4. The Labute approximate surface area is 168 Å². The summed E-state index contributed by atoms with van der Waals surface area (Å²) in [7, 11) is 1.85. The highest BCUT2D eigenvalue weighted by Crippen LogP contribution is 2.35. The molecule has 0 saturated carbocycles. The van der Waals surface area contributed by atoms with Gasteiger partial charge in [-0.05, 0) is 32.0 Å². The number of carbonyl (C=O) groups is 1. The molecule has 0 unspecified atom stereocenters. The van der Waals surface area contributed by atoms with E-state index >= 15 is 0 Å². The molecule has 0 aliphatic carbocycles. The third-order valence-corrected chi connectivity index (χ3v) is 4.58. The van der Waals surface area contributed by atoms with Gasteiger partial charge in [0, 0.05) is 37.5 Å². The van der Waals surface area contributed by atoms with E-state index in [4.69, 9.17) is 14.2 Å². The van der Waals surface area contributed by atoms with Gasteiger partial charge in [0.2, 0.25) is 6.79 Å². The SMILES string of the molecule is CC(C)N(Cc1cnn(C)c1)C(=O)c1cc(COc2ccc3c(c2)OCO3)[nH]n1. The van der Waals surface area contributed by atoms with Crippen molar-refractivity contribution in [3.05, 3.63) is 53.6 Å². The third-order valence-electron chi connectivity index (χ3n) is 4.58. The number of fused-ring (bicyclic) bond motifs is 1. The molecule has 1 aliphatic heterocycles. The van der Waals surface area contributed by atoms with Crippen LogP contribution in [0, 0.1) is 0 Å². The highest BCUT2D eigenvalue weighted by molar-refractivity contribution is 5.92. The van der Waals surface area contributed by atoms with Crippen LogP contribution in [0.4, 0.5) is 0 Å². The molecular weight excluding hydrogens is 374 g/mol. The molecule has 1 amide bonds. The molecule has 2 aromatic heterocycles. The van der Waals surface area contributed by atoms with Crippen molar-refractivity contribution in [2.45, 2.75) is 33.0 Å². The first-order chi connectivity index (χ1) is 14.0. The van der Waals surface area contributed by atoms with Crippen molar-refractivity contribution < 1.29 is 19.0 Å². The number of aromatic nitrogens is 4. The van der Waals surface area contributed by atoms with E-state index in [1.54, 1.807) is 34.0 Å². The van der Waals surface area contributed by atoms with Crippen molar-refractivity contribution >= 4 is 5.91 Å².